The van der Waals surface area contributed by atoms with Gasteiger partial charge in [0.15, 0.2) is 0 Å². The molecule has 1 rings (SSSR count). The maximum Gasteiger partial charge on any atom is 0.0885 e. The Bertz CT molecular complexity index is 297. The van der Waals surface area contributed by atoms with Gasteiger partial charge in [-0.25, -0.2) is 0 Å². The van der Waals surface area contributed by atoms with Crippen LogP contribution in [0.25, 0.3) is 0 Å². The summed E-state index contributed by atoms with van der Waals surface area (Å²) in [5.41, 5.74) is 0.889. The van der Waals surface area contributed by atoms with Crippen molar-refractivity contribution >= 4 is 17.4 Å². The second kappa shape index (κ2) is 4.87. The Balaban J connectivity index is 2.77. The Hall–Kier alpha value is -1.03. The molecule has 0 aromatic heterocycles. The molecule has 0 fully saturated rings. The molecule has 0 amide bonds. The Kier molecular flexibility index (Phi) is 3.76. The lowest BCUT2D eigenvalue weighted by atomic mass is 10.3. The molecule has 0 atom stereocenters. The van der Waals surface area contributed by atoms with Gasteiger partial charge < -0.3 is 0 Å². The van der Waals surface area contributed by atoms with Crippen LogP contribution in [0.15, 0.2) is 39.5 Å². The first-order valence-electron chi connectivity index (χ1n) is 3.95. The van der Waals surface area contributed by atoms with Gasteiger partial charge >= 0.3 is 0 Å². The van der Waals surface area contributed by atoms with Crippen molar-refractivity contribution in [2.24, 2.45) is 10.3 Å². The van der Waals surface area contributed by atoms with E-state index in [1.165, 1.54) is 4.90 Å². The van der Waals surface area contributed by atoms with Crippen molar-refractivity contribution in [3.05, 3.63) is 24.3 Å². The monoisotopic (exact) mass is 195 g/mol. The summed E-state index contributed by atoms with van der Waals surface area (Å²) in [4.78, 5) is 1.20. The molecule has 0 N–H and O–H groups in total. The zero-order valence-electron chi connectivity index (χ0n) is 8.06. The van der Waals surface area contributed by atoms with Crippen LogP contribution in [0.1, 0.15) is 0 Å². The fraction of sp³-hybridized carbons (Fsp3) is 0.333. The van der Waals surface area contributed by atoms with Crippen LogP contribution in [0.2, 0.25) is 0 Å². The first-order valence-corrected chi connectivity index (χ1v) is 5.18. The zero-order chi connectivity index (χ0) is 9.68. The average Bonchev–Trinajstić information content (AvgIpc) is 2.15. The van der Waals surface area contributed by atoms with E-state index < -0.39 is 0 Å². The molecule has 0 spiro atoms. The number of hydrogen-bond acceptors (Lipinski definition) is 3. The third kappa shape index (κ3) is 3.46. The fourth-order valence-electron chi connectivity index (χ4n) is 0.814. The lowest BCUT2D eigenvalue weighted by Gasteiger charge is -2.01. The van der Waals surface area contributed by atoms with Gasteiger partial charge in [0.2, 0.25) is 0 Å². The highest BCUT2D eigenvalue weighted by Crippen LogP contribution is 2.21. The summed E-state index contributed by atoms with van der Waals surface area (Å²) < 4.78 is 0. The van der Waals surface area contributed by atoms with E-state index in [1.807, 2.05) is 38.6 Å². The summed E-state index contributed by atoms with van der Waals surface area (Å²) in [7, 11) is 3.70. The van der Waals surface area contributed by atoms with Gasteiger partial charge in [-0.15, -0.1) is 16.9 Å². The van der Waals surface area contributed by atoms with Crippen LogP contribution in [0.4, 0.5) is 5.69 Å². The molecule has 70 valence electrons. The van der Waals surface area contributed by atoms with Gasteiger partial charge in [0.25, 0.3) is 0 Å². The molecule has 0 bridgehead atoms. The van der Waals surface area contributed by atoms with Gasteiger partial charge in [0.1, 0.15) is 0 Å². The van der Waals surface area contributed by atoms with Crippen molar-refractivity contribution < 1.29 is 0 Å². The Labute approximate surface area is 82.8 Å². The SMILES string of the molecule is CSc1cccc(N=NN(C)C)c1. The van der Waals surface area contributed by atoms with Crippen LogP contribution < -0.4 is 0 Å². The molecule has 0 heterocycles. The lowest BCUT2D eigenvalue weighted by Crippen LogP contribution is -1.98. The number of nitrogens with zero attached hydrogens (tertiary/aromatic N) is 3. The highest BCUT2D eigenvalue weighted by atomic mass is 32.2. The molecule has 13 heavy (non-hydrogen) atoms. The van der Waals surface area contributed by atoms with Crippen LogP contribution in [-0.2, 0) is 0 Å². The van der Waals surface area contributed by atoms with E-state index in [1.54, 1.807) is 16.8 Å². The van der Waals surface area contributed by atoms with Gasteiger partial charge in [-0.2, -0.15) is 0 Å². The second-order valence-electron chi connectivity index (χ2n) is 2.74. The molecule has 0 radical (unpaired) electrons. The normalized spacial score (nSPS) is 10.7. The molecule has 0 saturated carbocycles. The summed E-state index contributed by atoms with van der Waals surface area (Å²) in [6, 6.07) is 7.99. The van der Waals surface area contributed by atoms with Crippen molar-refractivity contribution in [2.75, 3.05) is 20.4 Å². The summed E-state index contributed by atoms with van der Waals surface area (Å²) in [5.74, 6) is 0. The quantitative estimate of drug-likeness (QED) is 0.421. The molecule has 4 heteroatoms. The molecule has 1 aromatic rings. The molecule has 0 aliphatic carbocycles. The number of hydrogen-bond donors (Lipinski definition) is 0. The van der Waals surface area contributed by atoms with E-state index in [9.17, 15) is 0 Å². The van der Waals surface area contributed by atoms with E-state index in [2.05, 4.69) is 16.4 Å². The zero-order valence-corrected chi connectivity index (χ0v) is 8.88. The number of benzene rings is 1. The minimum Gasteiger partial charge on any atom is -0.285 e. The Morgan fingerprint density at radius 3 is 2.69 bits per heavy atom. The summed E-state index contributed by atoms with van der Waals surface area (Å²) >= 11 is 1.70. The van der Waals surface area contributed by atoms with Crippen LogP contribution in [0.3, 0.4) is 0 Å². The molecular formula is C9H13N3S. The summed E-state index contributed by atoms with van der Waals surface area (Å²) in [6.07, 6.45) is 2.04. The van der Waals surface area contributed by atoms with E-state index >= 15 is 0 Å². The predicted molar refractivity (Wildman–Crippen MR) is 56.4 cm³/mol. The fourth-order valence-corrected chi connectivity index (χ4v) is 1.27. The topological polar surface area (TPSA) is 28.0 Å². The first-order chi connectivity index (χ1) is 6.22. The van der Waals surface area contributed by atoms with Crippen LogP contribution in [-0.4, -0.2) is 25.4 Å². The van der Waals surface area contributed by atoms with Crippen molar-refractivity contribution in [1.82, 2.24) is 5.01 Å². The predicted octanol–water partition coefficient (Wildman–Crippen LogP) is 2.97. The summed E-state index contributed by atoms with van der Waals surface area (Å²) in [6.45, 7) is 0. The van der Waals surface area contributed by atoms with E-state index in [-0.39, 0.29) is 0 Å². The minimum atomic E-state index is 0.889. The number of rotatable bonds is 3. The maximum absolute atomic E-state index is 4.05. The van der Waals surface area contributed by atoms with Gasteiger partial charge in [0, 0.05) is 19.0 Å². The van der Waals surface area contributed by atoms with Gasteiger partial charge in [-0.3, -0.25) is 5.01 Å². The summed E-state index contributed by atoms with van der Waals surface area (Å²) in [5, 5.41) is 9.64. The molecule has 1 aromatic carbocycles. The van der Waals surface area contributed by atoms with Crippen molar-refractivity contribution in [1.29, 1.82) is 0 Å². The highest BCUT2D eigenvalue weighted by Gasteiger charge is 1.92. The smallest absolute Gasteiger partial charge is 0.0885 e. The highest BCUT2D eigenvalue weighted by molar-refractivity contribution is 7.98. The van der Waals surface area contributed by atoms with Gasteiger partial charge in [-0.05, 0) is 24.5 Å². The average molecular weight is 195 g/mol. The van der Waals surface area contributed by atoms with E-state index in [0.29, 0.717) is 0 Å². The Morgan fingerprint density at radius 2 is 2.08 bits per heavy atom. The van der Waals surface area contributed by atoms with E-state index in [0.717, 1.165) is 5.69 Å². The molecule has 3 nitrogen and oxygen atoms in total. The lowest BCUT2D eigenvalue weighted by molar-refractivity contribution is 0.408. The van der Waals surface area contributed by atoms with Gasteiger partial charge in [-0.1, -0.05) is 11.3 Å². The molecule has 0 aliphatic heterocycles. The third-order valence-electron chi connectivity index (χ3n) is 1.39. The standard InChI is InChI=1S/C9H13N3S/c1-12(2)11-10-8-5-4-6-9(7-8)13-3/h4-7H,1-3H3. The van der Waals surface area contributed by atoms with Crippen LogP contribution in [0, 0.1) is 0 Å². The van der Waals surface area contributed by atoms with Crippen molar-refractivity contribution in [3.63, 3.8) is 0 Å². The largest absolute Gasteiger partial charge is 0.285 e. The van der Waals surface area contributed by atoms with Crippen molar-refractivity contribution in [3.8, 4) is 0 Å². The third-order valence-corrected chi connectivity index (χ3v) is 2.12. The number of thioether (sulfide) groups is 1. The first kappa shape index (κ1) is 10.1. The molecule has 0 saturated heterocycles. The molecule has 0 unspecified atom stereocenters. The van der Waals surface area contributed by atoms with E-state index in [4.69, 9.17) is 0 Å². The van der Waals surface area contributed by atoms with Crippen LogP contribution in [0.5, 0.6) is 0 Å². The second-order valence-corrected chi connectivity index (χ2v) is 3.62. The Morgan fingerprint density at radius 1 is 1.31 bits per heavy atom. The molecular weight excluding hydrogens is 182 g/mol. The van der Waals surface area contributed by atoms with Crippen LogP contribution >= 0.6 is 11.8 Å². The minimum absolute atomic E-state index is 0.889. The molecule has 0 aliphatic rings. The maximum atomic E-state index is 4.05. The van der Waals surface area contributed by atoms with Crippen molar-refractivity contribution in [2.45, 2.75) is 4.90 Å². The van der Waals surface area contributed by atoms with Gasteiger partial charge in [0.05, 0.1) is 5.69 Å².